The predicted octanol–water partition coefficient (Wildman–Crippen LogP) is 2.18. The molecule has 0 bridgehead atoms. The fourth-order valence-corrected chi connectivity index (χ4v) is 2.57. The van der Waals surface area contributed by atoms with Gasteiger partial charge in [0.05, 0.1) is 12.3 Å². The molecule has 0 radical (unpaired) electrons. The summed E-state index contributed by atoms with van der Waals surface area (Å²) in [5.74, 6) is 1.30. The highest BCUT2D eigenvalue weighted by Gasteiger charge is 2.08. The molecule has 3 N–H and O–H groups in total. The number of nitrogens with two attached hydrogens (primary N) is 1. The van der Waals surface area contributed by atoms with Crippen molar-refractivity contribution in [2.24, 2.45) is 12.8 Å². The van der Waals surface area contributed by atoms with Gasteiger partial charge in [-0.1, -0.05) is 12.1 Å². The summed E-state index contributed by atoms with van der Waals surface area (Å²) in [6.45, 7) is 1.72. The molecule has 0 saturated heterocycles. The van der Waals surface area contributed by atoms with Crippen LogP contribution in [0.3, 0.4) is 0 Å². The SMILES string of the molecule is Cn1c(NCc2cccc(OCCCN)c2)nc(-c2ccncc2)cc1=O. The third kappa shape index (κ3) is 4.92. The average Bonchev–Trinajstić information content (AvgIpc) is 2.70. The summed E-state index contributed by atoms with van der Waals surface area (Å²) in [4.78, 5) is 20.9. The van der Waals surface area contributed by atoms with Crippen molar-refractivity contribution in [3.8, 4) is 17.0 Å². The van der Waals surface area contributed by atoms with Crippen molar-refractivity contribution in [3.05, 3.63) is 70.8 Å². The highest BCUT2D eigenvalue weighted by Crippen LogP contribution is 2.17. The quantitative estimate of drug-likeness (QED) is 0.594. The zero-order valence-electron chi connectivity index (χ0n) is 15.3. The van der Waals surface area contributed by atoms with Crippen molar-refractivity contribution < 1.29 is 4.74 Å². The Morgan fingerprint density at radius 2 is 2.00 bits per heavy atom. The van der Waals surface area contributed by atoms with Crippen LogP contribution in [0.2, 0.25) is 0 Å². The van der Waals surface area contributed by atoms with Crippen LogP contribution in [-0.2, 0) is 13.6 Å². The number of pyridine rings is 1. The van der Waals surface area contributed by atoms with Crippen LogP contribution in [0.5, 0.6) is 5.75 Å². The Morgan fingerprint density at radius 1 is 1.19 bits per heavy atom. The van der Waals surface area contributed by atoms with Gasteiger partial charge in [0.2, 0.25) is 5.95 Å². The zero-order valence-corrected chi connectivity index (χ0v) is 15.3. The second-order valence-electron chi connectivity index (χ2n) is 6.09. The van der Waals surface area contributed by atoms with Crippen LogP contribution in [0.25, 0.3) is 11.3 Å². The molecule has 2 heterocycles. The van der Waals surface area contributed by atoms with E-state index in [1.807, 2.05) is 36.4 Å². The molecule has 140 valence electrons. The summed E-state index contributed by atoms with van der Waals surface area (Å²) in [5, 5.41) is 3.24. The lowest BCUT2D eigenvalue weighted by Crippen LogP contribution is -2.21. The van der Waals surface area contributed by atoms with Crippen molar-refractivity contribution in [2.45, 2.75) is 13.0 Å². The summed E-state index contributed by atoms with van der Waals surface area (Å²) in [7, 11) is 1.69. The maximum atomic E-state index is 12.3. The van der Waals surface area contributed by atoms with Gasteiger partial charge in [0, 0.05) is 37.6 Å². The zero-order chi connectivity index (χ0) is 19.1. The largest absolute Gasteiger partial charge is 0.494 e. The molecule has 0 aliphatic carbocycles. The lowest BCUT2D eigenvalue weighted by molar-refractivity contribution is 0.313. The Balaban J connectivity index is 1.75. The Morgan fingerprint density at radius 3 is 2.78 bits per heavy atom. The van der Waals surface area contributed by atoms with Gasteiger partial charge in [-0.25, -0.2) is 4.98 Å². The normalized spacial score (nSPS) is 10.6. The molecule has 0 unspecified atom stereocenters. The summed E-state index contributed by atoms with van der Waals surface area (Å²) >= 11 is 0. The van der Waals surface area contributed by atoms with Crippen LogP contribution in [0.1, 0.15) is 12.0 Å². The second kappa shape index (κ2) is 8.95. The van der Waals surface area contributed by atoms with Gasteiger partial charge < -0.3 is 15.8 Å². The van der Waals surface area contributed by atoms with Crippen LogP contribution in [-0.4, -0.2) is 27.7 Å². The predicted molar refractivity (Wildman–Crippen MR) is 106 cm³/mol. The summed E-state index contributed by atoms with van der Waals surface area (Å²) < 4.78 is 7.17. The first-order chi connectivity index (χ1) is 13.2. The molecule has 0 fully saturated rings. The molecule has 0 spiro atoms. The Labute approximate surface area is 157 Å². The molecule has 7 heteroatoms. The molecule has 27 heavy (non-hydrogen) atoms. The van der Waals surface area contributed by atoms with Gasteiger partial charge in [-0.2, -0.15) is 0 Å². The van der Waals surface area contributed by atoms with Crippen molar-refractivity contribution in [1.29, 1.82) is 0 Å². The molecule has 7 nitrogen and oxygen atoms in total. The molecule has 3 aromatic rings. The molecular weight excluding hydrogens is 342 g/mol. The third-order valence-corrected chi connectivity index (χ3v) is 4.08. The first-order valence-corrected chi connectivity index (χ1v) is 8.81. The van der Waals surface area contributed by atoms with Crippen molar-refractivity contribution in [3.63, 3.8) is 0 Å². The van der Waals surface area contributed by atoms with E-state index in [2.05, 4.69) is 15.3 Å². The van der Waals surface area contributed by atoms with Crippen molar-refractivity contribution in [2.75, 3.05) is 18.5 Å². The van der Waals surface area contributed by atoms with Crippen LogP contribution >= 0.6 is 0 Å². The van der Waals surface area contributed by atoms with Gasteiger partial charge >= 0.3 is 0 Å². The average molecular weight is 365 g/mol. The van der Waals surface area contributed by atoms with E-state index in [0.29, 0.717) is 31.3 Å². The van der Waals surface area contributed by atoms with E-state index in [4.69, 9.17) is 10.5 Å². The number of hydrogen-bond donors (Lipinski definition) is 2. The highest BCUT2D eigenvalue weighted by atomic mass is 16.5. The number of benzene rings is 1. The van der Waals surface area contributed by atoms with E-state index in [9.17, 15) is 4.79 Å². The van der Waals surface area contributed by atoms with Gasteiger partial charge in [0.1, 0.15) is 5.75 Å². The summed E-state index contributed by atoms with van der Waals surface area (Å²) in [6, 6.07) is 13.0. The van der Waals surface area contributed by atoms with Gasteiger partial charge in [0.25, 0.3) is 5.56 Å². The summed E-state index contributed by atoms with van der Waals surface area (Å²) in [6.07, 6.45) is 4.17. The van der Waals surface area contributed by atoms with Gasteiger partial charge in [-0.3, -0.25) is 14.3 Å². The monoisotopic (exact) mass is 365 g/mol. The van der Waals surface area contributed by atoms with Crippen LogP contribution in [0, 0.1) is 0 Å². The van der Waals surface area contributed by atoms with E-state index >= 15 is 0 Å². The van der Waals surface area contributed by atoms with E-state index in [1.165, 1.54) is 10.6 Å². The number of aromatic nitrogens is 3. The Hall–Kier alpha value is -3.19. The van der Waals surface area contributed by atoms with Gasteiger partial charge in [-0.15, -0.1) is 0 Å². The molecule has 0 amide bonds. The number of rotatable bonds is 8. The highest BCUT2D eigenvalue weighted by molar-refractivity contribution is 5.59. The van der Waals surface area contributed by atoms with Gasteiger partial charge in [-0.05, 0) is 42.8 Å². The van der Waals surface area contributed by atoms with E-state index in [1.54, 1.807) is 19.4 Å². The lowest BCUT2D eigenvalue weighted by Gasteiger charge is -2.12. The second-order valence-corrected chi connectivity index (χ2v) is 6.09. The minimum atomic E-state index is -0.127. The number of anilines is 1. The first-order valence-electron chi connectivity index (χ1n) is 8.81. The van der Waals surface area contributed by atoms with Crippen LogP contribution < -0.4 is 21.3 Å². The standard InChI is InChI=1S/C20H23N5O2/c1-25-19(26)13-18(16-6-9-22-10-7-16)24-20(25)23-14-15-4-2-5-17(12-15)27-11-3-8-21/h2,4-7,9-10,12-13H,3,8,11,14,21H2,1H3,(H,23,24). The van der Waals surface area contributed by atoms with Crippen molar-refractivity contribution in [1.82, 2.24) is 14.5 Å². The molecule has 1 aromatic carbocycles. The van der Waals surface area contributed by atoms with Crippen LogP contribution in [0.4, 0.5) is 5.95 Å². The Kier molecular flexibility index (Phi) is 6.17. The van der Waals surface area contributed by atoms with E-state index in [-0.39, 0.29) is 5.56 Å². The number of nitrogens with zero attached hydrogens (tertiary/aromatic N) is 3. The van der Waals surface area contributed by atoms with E-state index < -0.39 is 0 Å². The smallest absolute Gasteiger partial charge is 0.255 e. The van der Waals surface area contributed by atoms with E-state index in [0.717, 1.165) is 23.3 Å². The fraction of sp³-hybridized carbons (Fsp3) is 0.250. The number of ether oxygens (including phenoxy) is 1. The van der Waals surface area contributed by atoms with Gasteiger partial charge in [0.15, 0.2) is 0 Å². The number of nitrogens with one attached hydrogen (secondary N) is 1. The lowest BCUT2D eigenvalue weighted by atomic mass is 10.2. The molecule has 3 rings (SSSR count). The maximum Gasteiger partial charge on any atom is 0.255 e. The topological polar surface area (TPSA) is 95.1 Å². The minimum absolute atomic E-state index is 0.127. The molecule has 0 saturated carbocycles. The Bertz CT molecular complexity index is 941. The summed E-state index contributed by atoms with van der Waals surface area (Å²) in [5.41, 5.74) is 7.85. The molecule has 0 aliphatic heterocycles. The number of hydrogen-bond acceptors (Lipinski definition) is 6. The fourth-order valence-electron chi connectivity index (χ4n) is 2.57. The molecular formula is C20H23N5O2. The molecule has 2 aromatic heterocycles. The van der Waals surface area contributed by atoms with Crippen LogP contribution in [0.15, 0.2) is 59.7 Å². The molecule has 0 atom stereocenters. The first kappa shape index (κ1) is 18.6. The maximum absolute atomic E-state index is 12.3. The minimum Gasteiger partial charge on any atom is -0.494 e. The third-order valence-electron chi connectivity index (χ3n) is 4.08. The molecule has 0 aliphatic rings. The van der Waals surface area contributed by atoms with Crippen molar-refractivity contribution >= 4 is 5.95 Å².